The molecule has 2 saturated heterocycles. The van der Waals surface area contributed by atoms with Crippen LogP contribution in [0.3, 0.4) is 0 Å². The minimum absolute atomic E-state index is 0.144. The maximum Gasteiger partial charge on any atom is 0.393 e. The van der Waals surface area contributed by atoms with Crippen LogP contribution in [-0.2, 0) is 30.3 Å². The smallest absolute Gasteiger partial charge is 0.367 e. The molecule has 4 aromatic rings. The summed E-state index contributed by atoms with van der Waals surface area (Å²) in [5, 5.41) is 18.4. The number of nitrogens with one attached hydrogen (secondary N) is 2. The summed E-state index contributed by atoms with van der Waals surface area (Å²) in [6.45, 7) is 8.19. The molecule has 5 heterocycles. The molecule has 2 aliphatic rings. The van der Waals surface area contributed by atoms with Crippen molar-refractivity contribution in [3.05, 3.63) is 46.0 Å². The highest BCUT2D eigenvalue weighted by molar-refractivity contribution is 7.84. The Morgan fingerprint density at radius 3 is 2.43 bits per heavy atom. The lowest BCUT2D eigenvalue weighted by molar-refractivity contribution is -0.126. The average molecular weight is 687 g/mol. The van der Waals surface area contributed by atoms with Crippen molar-refractivity contribution in [3.8, 4) is 6.07 Å². The molecule has 0 aliphatic carbocycles. The summed E-state index contributed by atoms with van der Waals surface area (Å²) in [5.74, 6) is 0.955. The second-order valence-corrected chi connectivity index (χ2v) is 15.5. The van der Waals surface area contributed by atoms with Crippen molar-refractivity contribution in [2.24, 2.45) is 0 Å². The van der Waals surface area contributed by atoms with E-state index >= 15 is 0 Å². The van der Waals surface area contributed by atoms with Crippen LogP contribution in [0.15, 0.2) is 24.3 Å². The molecule has 252 valence electrons. The van der Waals surface area contributed by atoms with Crippen LogP contribution in [0.25, 0.3) is 21.1 Å². The Kier molecular flexibility index (Phi) is 10.1. The van der Waals surface area contributed by atoms with E-state index in [1.54, 1.807) is 19.4 Å². The van der Waals surface area contributed by atoms with E-state index in [0.717, 1.165) is 93.7 Å². The van der Waals surface area contributed by atoms with Gasteiger partial charge in [0.25, 0.3) is 0 Å². The molecule has 1 aromatic carbocycles. The Bertz CT molecular complexity index is 1800. The summed E-state index contributed by atoms with van der Waals surface area (Å²) < 4.78 is 53.2. The van der Waals surface area contributed by atoms with E-state index in [0.29, 0.717) is 32.9 Å². The van der Waals surface area contributed by atoms with Gasteiger partial charge in [-0.05, 0) is 75.0 Å². The van der Waals surface area contributed by atoms with Crippen molar-refractivity contribution in [2.45, 2.75) is 69.6 Å². The Morgan fingerprint density at radius 2 is 1.77 bits per heavy atom. The van der Waals surface area contributed by atoms with Gasteiger partial charge in [0, 0.05) is 83.9 Å². The summed E-state index contributed by atoms with van der Waals surface area (Å²) in [4.78, 5) is 14.6. The zero-order valence-electron chi connectivity index (χ0n) is 27.0. The fraction of sp³-hybridized carbons (Fsp3) is 0.545. The summed E-state index contributed by atoms with van der Waals surface area (Å²) in [5.41, 5.74) is 4.19. The zero-order chi connectivity index (χ0) is 33.3. The van der Waals surface area contributed by atoms with Crippen LogP contribution >= 0.6 is 11.3 Å². The molecule has 2 N–H and O–H groups in total. The topological polar surface area (TPSA) is 102 Å². The fourth-order valence-corrected chi connectivity index (χ4v) is 8.81. The van der Waals surface area contributed by atoms with Crippen LogP contribution in [0, 0.1) is 18.3 Å². The van der Waals surface area contributed by atoms with Crippen LogP contribution in [0.4, 0.5) is 24.9 Å². The van der Waals surface area contributed by atoms with Gasteiger partial charge < -0.3 is 20.1 Å². The molecular formula is C33H41F3N8OS2. The van der Waals surface area contributed by atoms with Crippen molar-refractivity contribution >= 4 is 55.0 Å². The van der Waals surface area contributed by atoms with Crippen LogP contribution in [-0.4, -0.2) is 92.0 Å². The molecule has 1 unspecified atom stereocenters. The Hall–Kier alpha value is -3.25. The number of hydrogen-bond donors (Lipinski definition) is 2. The van der Waals surface area contributed by atoms with Gasteiger partial charge >= 0.3 is 6.18 Å². The number of rotatable bonds is 10. The molecule has 6 rings (SSSR count). The number of aromatic nitrogens is 3. The molecule has 3 aromatic heterocycles. The number of aryl methyl sites for hydroxylation is 1. The van der Waals surface area contributed by atoms with Crippen LogP contribution in [0.5, 0.6) is 0 Å². The molecule has 47 heavy (non-hydrogen) atoms. The highest BCUT2D eigenvalue weighted by Crippen LogP contribution is 2.35. The van der Waals surface area contributed by atoms with Gasteiger partial charge in [0.15, 0.2) is 0 Å². The lowest BCUT2D eigenvalue weighted by atomic mass is 10.0. The SMILES string of the molecule is CNc1nc(NC2CCN(Cc3ccc4c(cc(C#N)n4CCN4CCC(S(C)=O)CC4)c3C)CC2)c2cc(CC(F)(F)F)sc2n1. The van der Waals surface area contributed by atoms with Crippen molar-refractivity contribution in [3.63, 3.8) is 0 Å². The van der Waals surface area contributed by atoms with Crippen molar-refractivity contribution in [1.29, 1.82) is 5.26 Å². The Labute approximate surface area is 279 Å². The lowest BCUT2D eigenvalue weighted by Crippen LogP contribution is -2.39. The number of nitrogens with zero attached hydrogens (tertiary/aromatic N) is 6. The van der Waals surface area contributed by atoms with Gasteiger partial charge in [-0.1, -0.05) is 6.07 Å². The van der Waals surface area contributed by atoms with E-state index in [-0.39, 0.29) is 10.9 Å². The second kappa shape index (κ2) is 14.1. The number of fused-ring (bicyclic) bond motifs is 2. The molecule has 0 amide bonds. The van der Waals surface area contributed by atoms with E-state index in [1.807, 2.05) is 6.07 Å². The van der Waals surface area contributed by atoms with Gasteiger partial charge in [-0.3, -0.25) is 9.11 Å². The first kappa shape index (κ1) is 33.6. The number of nitriles is 1. The summed E-state index contributed by atoms with van der Waals surface area (Å²) in [7, 11) is 0.933. The van der Waals surface area contributed by atoms with Crippen molar-refractivity contribution in [1.82, 2.24) is 24.3 Å². The van der Waals surface area contributed by atoms with Gasteiger partial charge in [0.1, 0.15) is 22.4 Å². The third kappa shape index (κ3) is 7.74. The van der Waals surface area contributed by atoms with Gasteiger partial charge in [-0.15, -0.1) is 11.3 Å². The largest absolute Gasteiger partial charge is 0.393 e. The fourth-order valence-electron chi connectivity index (χ4n) is 6.88. The molecule has 0 bridgehead atoms. The number of hydrogen-bond acceptors (Lipinski definition) is 9. The van der Waals surface area contributed by atoms with E-state index in [9.17, 15) is 22.6 Å². The predicted octanol–water partition coefficient (Wildman–Crippen LogP) is 5.89. The van der Waals surface area contributed by atoms with Crippen LogP contribution < -0.4 is 10.6 Å². The molecule has 0 saturated carbocycles. The first-order valence-electron chi connectivity index (χ1n) is 16.1. The maximum atomic E-state index is 13.1. The Balaban J connectivity index is 1.09. The summed E-state index contributed by atoms with van der Waals surface area (Å²) in [6, 6.07) is 10.5. The normalized spacial score (nSPS) is 18.1. The molecule has 2 fully saturated rings. The molecule has 1 atom stereocenters. The zero-order valence-corrected chi connectivity index (χ0v) is 28.6. The minimum atomic E-state index is -4.28. The predicted molar refractivity (Wildman–Crippen MR) is 184 cm³/mol. The van der Waals surface area contributed by atoms with E-state index in [1.165, 1.54) is 11.1 Å². The van der Waals surface area contributed by atoms with E-state index in [2.05, 4.69) is 60.1 Å². The second-order valence-electron chi connectivity index (χ2n) is 12.7. The van der Waals surface area contributed by atoms with Crippen LogP contribution in [0.1, 0.15) is 47.4 Å². The quantitative estimate of drug-likeness (QED) is 0.213. The van der Waals surface area contributed by atoms with E-state index in [4.69, 9.17) is 0 Å². The van der Waals surface area contributed by atoms with Crippen molar-refractivity contribution < 1.29 is 17.4 Å². The third-order valence-electron chi connectivity index (χ3n) is 9.59. The van der Waals surface area contributed by atoms with Gasteiger partial charge in [-0.2, -0.15) is 23.4 Å². The van der Waals surface area contributed by atoms with Crippen LogP contribution in [0.2, 0.25) is 0 Å². The molecule has 9 nitrogen and oxygen atoms in total. The van der Waals surface area contributed by atoms with Gasteiger partial charge in [0.05, 0.1) is 11.8 Å². The number of alkyl halides is 3. The van der Waals surface area contributed by atoms with E-state index < -0.39 is 23.4 Å². The Morgan fingerprint density at radius 1 is 1.04 bits per heavy atom. The van der Waals surface area contributed by atoms with Gasteiger partial charge in [0.2, 0.25) is 5.95 Å². The number of halogens is 3. The minimum Gasteiger partial charge on any atom is -0.367 e. The number of piperidine rings is 2. The standard InChI is InChI=1S/C33H41F3N8OS2/c1-21-22(4-5-29-27(21)16-24(19-37)44(29)15-14-42-12-8-26(9-13-42)47(3)45)20-43-10-6-23(7-11-43)39-30-28-17-25(18-33(34,35)36)46-31(28)41-32(38-2)40-30/h4-5,16-17,23,26H,6-15,18,20H2,1-3H3,(H2,38,39,40,41). The highest BCUT2D eigenvalue weighted by atomic mass is 32.2. The highest BCUT2D eigenvalue weighted by Gasteiger charge is 2.30. The number of thiophene rings is 1. The van der Waals surface area contributed by atoms with Crippen molar-refractivity contribution in [2.75, 3.05) is 56.7 Å². The number of anilines is 2. The monoisotopic (exact) mass is 686 g/mol. The summed E-state index contributed by atoms with van der Waals surface area (Å²) >= 11 is 1.06. The lowest BCUT2D eigenvalue weighted by Gasteiger charge is -2.33. The third-order valence-corrected chi connectivity index (χ3v) is 12.0. The first-order valence-corrected chi connectivity index (χ1v) is 18.6. The average Bonchev–Trinajstić information content (AvgIpc) is 3.62. The first-order chi connectivity index (χ1) is 22.5. The molecule has 2 aliphatic heterocycles. The molecule has 0 radical (unpaired) electrons. The maximum absolute atomic E-state index is 13.1. The number of benzene rings is 1. The molecule has 0 spiro atoms. The molecular weight excluding hydrogens is 646 g/mol. The molecule has 14 heteroatoms. The number of likely N-dealkylation sites (tertiary alicyclic amines) is 2. The van der Waals surface area contributed by atoms with Gasteiger partial charge in [-0.25, -0.2) is 4.98 Å². The summed E-state index contributed by atoms with van der Waals surface area (Å²) in [6.07, 6.45) is 0.218.